The fourth-order valence-corrected chi connectivity index (χ4v) is 1.87. The minimum absolute atomic E-state index is 0.159. The SMILES string of the molecule is CNC(=O)C(=CC(=N)Cl)N1CCOC(C)(C)C1. The van der Waals surface area contributed by atoms with Crippen molar-refractivity contribution in [1.82, 2.24) is 10.2 Å². The Kier molecular flexibility index (Phi) is 4.54. The smallest absolute Gasteiger partial charge is 0.267 e. The molecule has 1 aliphatic rings. The molecule has 0 atom stereocenters. The lowest BCUT2D eigenvalue weighted by molar-refractivity contribution is -0.121. The summed E-state index contributed by atoms with van der Waals surface area (Å²) < 4.78 is 5.58. The maximum Gasteiger partial charge on any atom is 0.267 e. The quantitative estimate of drug-likeness (QED) is 0.586. The van der Waals surface area contributed by atoms with Crippen LogP contribution in [0.15, 0.2) is 11.8 Å². The lowest BCUT2D eigenvalue weighted by Gasteiger charge is -2.39. The van der Waals surface area contributed by atoms with E-state index in [1.165, 1.54) is 6.08 Å². The molecule has 0 spiro atoms. The molecule has 0 bridgehead atoms. The molecule has 5 nitrogen and oxygen atoms in total. The molecule has 1 rings (SSSR count). The van der Waals surface area contributed by atoms with E-state index in [0.717, 1.165) is 0 Å². The Labute approximate surface area is 106 Å². The number of ether oxygens (including phenoxy) is 1. The average molecular weight is 260 g/mol. The third kappa shape index (κ3) is 4.02. The lowest BCUT2D eigenvalue weighted by atomic mass is 10.1. The van der Waals surface area contributed by atoms with Gasteiger partial charge in [-0.1, -0.05) is 11.6 Å². The third-order valence-electron chi connectivity index (χ3n) is 2.49. The molecule has 1 heterocycles. The van der Waals surface area contributed by atoms with E-state index >= 15 is 0 Å². The first kappa shape index (κ1) is 14.0. The fourth-order valence-electron chi connectivity index (χ4n) is 1.77. The van der Waals surface area contributed by atoms with Gasteiger partial charge in [-0.15, -0.1) is 0 Å². The molecule has 0 saturated carbocycles. The van der Waals surface area contributed by atoms with Gasteiger partial charge in [-0.05, 0) is 13.8 Å². The van der Waals surface area contributed by atoms with E-state index in [2.05, 4.69) is 5.32 Å². The van der Waals surface area contributed by atoms with Crippen molar-refractivity contribution in [3.63, 3.8) is 0 Å². The first-order valence-corrected chi connectivity index (χ1v) is 5.80. The zero-order chi connectivity index (χ0) is 13.1. The summed E-state index contributed by atoms with van der Waals surface area (Å²) in [5.74, 6) is -0.242. The molecule has 1 saturated heterocycles. The van der Waals surface area contributed by atoms with Crippen LogP contribution in [-0.4, -0.2) is 48.3 Å². The number of nitrogens with zero attached hydrogens (tertiary/aromatic N) is 1. The predicted octanol–water partition coefficient (Wildman–Crippen LogP) is 0.943. The van der Waals surface area contributed by atoms with Crippen molar-refractivity contribution in [1.29, 1.82) is 5.41 Å². The van der Waals surface area contributed by atoms with Crippen LogP contribution in [0.25, 0.3) is 0 Å². The number of hydrogen-bond acceptors (Lipinski definition) is 4. The first-order valence-electron chi connectivity index (χ1n) is 5.42. The number of likely N-dealkylation sites (N-methyl/N-ethyl adjacent to an activating group) is 1. The van der Waals surface area contributed by atoms with Crippen molar-refractivity contribution in [2.24, 2.45) is 0 Å². The van der Waals surface area contributed by atoms with Crippen LogP contribution < -0.4 is 5.32 Å². The van der Waals surface area contributed by atoms with Crippen molar-refractivity contribution in [3.8, 4) is 0 Å². The highest BCUT2D eigenvalue weighted by Crippen LogP contribution is 2.20. The summed E-state index contributed by atoms with van der Waals surface area (Å²) in [4.78, 5) is 13.6. The highest BCUT2D eigenvalue weighted by Gasteiger charge is 2.30. The largest absolute Gasteiger partial charge is 0.372 e. The Morgan fingerprint density at radius 2 is 2.24 bits per heavy atom. The van der Waals surface area contributed by atoms with E-state index < -0.39 is 0 Å². The van der Waals surface area contributed by atoms with Crippen LogP contribution in [0, 0.1) is 5.41 Å². The topological polar surface area (TPSA) is 65.4 Å². The van der Waals surface area contributed by atoms with Crippen LogP contribution in [0.3, 0.4) is 0 Å². The van der Waals surface area contributed by atoms with Crippen molar-refractivity contribution >= 4 is 22.7 Å². The average Bonchev–Trinajstić information content (AvgIpc) is 2.23. The Morgan fingerprint density at radius 3 is 2.71 bits per heavy atom. The van der Waals surface area contributed by atoms with Gasteiger partial charge in [0.25, 0.3) is 5.91 Å². The highest BCUT2D eigenvalue weighted by molar-refractivity contribution is 6.67. The Balaban J connectivity index is 2.91. The second kappa shape index (κ2) is 5.51. The van der Waals surface area contributed by atoms with Crippen LogP contribution in [0.1, 0.15) is 13.8 Å². The van der Waals surface area contributed by atoms with Gasteiger partial charge in [-0.25, -0.2) is 0 Å². The van der Waals surface area contributed by atoms with Gasteiger partial charge in [0.2, 0.25) is 0 Å². The van der Waals surface area contributed by atoms with Gasteiger partial charge in [-0.2, -0.15) is 0 Å². The predicted molar refractivity (Wildman–Crippen MR) is 67.3 cm³/mol. The van der Waals surface area contributed by atoms with E-state index in [-0.39, 0.29) is 16.7 Å². The second-order valence-corrected chi connectivity index (χ2v) is 4.89. The molecule has 96 valence electrons. The number of morpholine rings is 1. The number of nitrogens with one attached hydrogen (secondary N) is 2. The van der Waals surface area contributed by atoms with Gasteiger partial charge in [0, 0.05) is 26.2 Å². The molecule has 0 aliphatic carbocycles. The molecule has 0 aromatic rings. The van der Waals surface area contributed by atoms with E-state index in [9.17, 15) is 4.79 Å². The minimum atomic E-state index is -0.306. The number of amides is 1. The number of allylic oxidation sites excluding steroid dienone is 1. The van der Waals surface area contributed by atoms with Gasteiger partial charge in [-0.3, -0.25) is 10.2 Å². The molecule has 17 heavy (non-hydrogen) atoms. The molecule has 0 aromatic heterocycles. The summed E-state index contributed by atoms with van der Waals surface area (Å²) in [6.07, 6.45) is 1.36. The number of hydrogen-bond donors (Lipinski definition) is 2. The molecule has 0 aromatic carbocycles. The second-order valence-electron chi connectivity index (χ2n) is 4.49. The Morgan fingerprint density at radius 1 is 1.59 bits per heavy atom. The van der Waals surface area contributed by atoms with Gasteiger partial charge in [0.15, 0.2) is 0 Å². The maximum atomic E-state index is 11.7. The van der Waals surface area contributed by atoms with Crippen LogP contribution in [-0.2, 0) is 9.53 Å². The van der Waals surface area contributed by atoms with Crippen LogP contribution in [0.5, 0.6) is 0 Å². The molecular weight excluding hydrogens is 242 g/mol. The maximum absolute atomic E-state index is 11.7. The zero-order valence-electron chi connectivity index (χ0n) is 10.3. The van der Waals surface area contributed by atoms with Crippen molar-refractivity contribution in [2.45, 2.75) is 19.4 Å². The number of carbonyl (C=O) groups is 1. The van der Waals surface area contributed by atoms with E-state index in [0.29, 0.717) is 25.4 Å². The fraction of sp³-hybridized carbons (Fsp3) is 0.636. The third-order valence-corrected chi connectivity index (χ3v) is 2.60. The van der Waals surface area contributed by atoms with Crippen LogP contribution in [0.4, 0.5) is 0 Å². The molecule has 6 heteroatoms. The number of carbonyl (C=O) groups excluding carboxylic acids is 1. The molecular formula is C11H18ClN3O2. The molecule has 0 radical (unpaired) electrons. The van der Waals surface area contributed by atoms with E-state index in [4.69, 9.17) is 21.7 Å². The zero-order valence-corrected chi connectivity index (χ0v) is 11.1. The van der Waals surface area contributed by atoms with Crippen LogP contribution >= 0.6 is 11.6 Å². The molecule has 1 fully saturated rings. The summed E-state index contributed by atoms with van der Waals surface area (Å²) >= 11 is 5.53. The summed E-state index contributed by atoms with van der Waals surface area (Å²) in [5.41, 5.74) is 0.101. The molecule has 2 N–H and O–H groups in total. The van der Waals surface area contributed by atoms with Gasteiger partial charge in [0.1, 0.15) is 10.9 Å². The molecule has 1 amide bonds. The van der Waals surface area contributed by atoms with Crippen molar-refractivity contribution < 1.29 is 9.53 Å². The first-order chi connectivity index (χ1) is 7.85. The number of halogens is 1. The van der Waals surface area contributed by atoms with Gasteiger partial charge >= 0.3 is 0 Å². The van der Waals surface area contributed by atoms with E-state index in [1.807, 2.05) is 18.7 Å². The Bertz CT molecular complexity index is 353. The number of rotatable bonds is 3. The van der Waals surface area contributed by atoms with Gasteiger partial charge < -0.3 is 15.0 Å². The standard InChI is InChI=1S/C11H18ClN3O2/c1-11(2)7-15(4-5-17-11)8(6-9(12)13)10(16)14-3/h6,13H,4-5,7H2,1-3H3,(H,14,16). The molecule has 0 unspecified atom stereocenters. The summed E-state index contributed by atoms with van der Waals surface area (Å²) in [6, 6.07) is 0. The Hall–Kier alpha value is -1.07. The van der Waals surface area contributed by atoms with E-state index in [1.54, 1.807) is 7.05 Å². The van der Waals surface area contributed by atoms with Crippen LogP contribution in [0.2, 0.25) is 0 Å². The summed E-state index contributed by atoms with van der Waals surface area (Å²) in [6.45, 7) is 5.69. The van der Waals surface area contributed by atoms with Crippen molar-refractivity contribution in [3.05, 3.63) is 11.8 Å². The normalized spacial score (nSPS) is 20.0. The van der Waals surface area contributed by atoms with Crippen molar-refractivity contribution in [2.75, 3.05) is 26.7 Å². The van der Waals surface area contributed by atoms with Gasteiger partial charge in [0.05, 0.1) is 12.2 Å². The monoisotopic (exact) mass is 259 g/mol. The summed E-state index contributed by atoms with van der Waals surface area (Å²) in [5, 5.41) is 9.65. The highest BCUT2D eigenvalue weighted by atomic mass is 35.5. The summed E-state index contributed by atoms with van der Waals surface area (Å²) in [7, 11) is 1.56. The lowest BCUT2D eigenvalue weighted by Crippen LogP contribution is -2.49. The molecule has 1 aliphatic heterocycles. The minimum Gasteiger partial charge on any atom is -0.372 e.